The van der Waals surface area contributed by atoms with Gasteiger partial charge in [0.05, 0.1) is 18.3 Å². The zero-order valence-electron chi connectivity index (χ0n) is 10.0. The summed E-state index contributed by atoms with van der Waals surface area (Å²) < 4.78 is 6.18. The van der Waals surface area contributed by atoms with E-state index in [0.717, 1.165) is 16.0 Å². The Balaban J connectivity index is 2.27. The SMILES string of the molecule is COc1ccc(/C=C/n2ncc(Cl)c(Cl)c2=O)cc1. The van der Waals surface area contributed by atoms with Crippen LogP contribution in [0.2, 0.25) is 10.0 Å². The molecule has 1 aromatic heterocycles. The average molecular weight is 297 g/mol. The molecule has 1 aromatic carbocycles. The number of halogens is 2. The molecule has 0 bridgehead atoms. The number of rotatable bonds is 3. The van der Waals surface area contributed by atoms with E-state index < -0.39 is 5.56 Å². The highest BCUT2D eigenvalue weighted by molar-refractivity contribution is 6.41. The molecular formula is C13H10Cl2N2O2. The van der Waals surface area contributed by atoms with Gasteiger partial charge in [-0.1, -0.05) is 35.3 Å². The maximum Gasteiger partial charge on any atom is 0.291 e. The largest absolute Gasteiger partial charge is 0.497 e. The van der Waals surface area contributed by atoms with Crippen LogP contribution in [0.1, 0.15) is 5.56 Å². The lowest BCUT2D eigenvalue weighted by atomic mass is 10.2. The summed E-state index contributed by atoms with van der Waals surface area (Å²) >= 11 is 11.4. The van der Waals surface area contributed by atoms with Gasteiger partial charge in [-0.05, 0) is 23.8 Å². The van der Waals surface area contributed by atoms with Crippen molar-refractivity contribution >= 4 is 35.5 Å². The van der Waals surface area contributed by atoms with Gasteiger partial charge in [-0.2, -0.15) is 5.10 Å². The summed E-state index contributed by atoms with van der Waals surface area (Å²) in [6.07, 6.45) is 4.58. The van der Waals surface area contributed by atoms with E-state index in [1.54, 1.807) is 13.2 Å². The number of hydrogen-bond donors (Lipinski definition) is 0. The predicted octanol–water partition coefficient (Wildman–Crippen LogP) is 3.19. The third kappa shape index (κ3) is 3.16. The van der Waals surface area contributed by atoms with E-state index >= 15 is 0 Å². The lowest BCUT2D eigenvalue weighted by Gasteiger charge is -2.01. The van der Waals surface area contributed by atoms with Gasteiger partial charge in [0.25, 0.3) is 5.56 Å². The normalized spacial score (nSPS) is 10.9. The van der Waals surface area contributed by atoms with Crippen molar-refractivity contribution in [3.8, 4) is 5.75 Å². The maximum absolute atomic E-state index is 11.7. The fourth-order valence-electron chi connectivity index (χ4n) is 1.40. The minimum atomic E-state index is -0.459. The molecule has 19 heavy (non-hydrogen) atoms. The van der Waals surface area contributed by atoms with Crippen molar-refractivity contribution in [2.24, 2.45) is 0 Å². The molecule has 0 fully saturated rings. The van der Waals surface area contributed by atoms with Crippen LogP contribution in [0, 0.1) is 0 Å². The predicted molar refractivity (Wildman–Crippen MR) is 76.7 cm³/mol. The third-order valence-corrected chi connectivity index (χ3v) is 3.17. The van der Waals surface area contributed by atoms with Crippen molar-refractivity contribution in [3.63, 3.8) is 0 Å². The third-order valence-electron chi connectivity index (χ3n) is 2.42. The topological polar surface area (TPSA) is 44.1 Å². The lowest BCUT2D eigenvalue weighted by Crippen LogP contribution is -2.18. The fourth-order valence-corrected chi connectivity index (χ4v) is 1.66. The molecule has 2 rings (SSSR count). The van der Waals surface area contributed by atoms with Crippen LogP contribution in [-0.2, 0) is 0 Å². The number of nitrogens with zero attached hydrogens (tertiary/aromatic N) is 2. The van der Waals surface area contributed by atoms with E-state index in [9.17, 15) is 4.79 Å². The van der Waals surface area contributed by atoms with E-state index in [4.69, 9.17) is 27.9 Å². The van der Waals surface area contributed by atoms with Gasteiger partial charge in [0, 0.05) is 6.20 Å². The van der Waals surface area contributed by atoms with Crippen LogP contribution in [-0.4, -0.2) is 16.9 Å². The van der Waals surface area contributed by atoms with Crippen LogP contribution in [0.3, 0.4) is 0 Å². The molecule has 0 saturated heterocycles. The summed E-state index contributed by atoms with van der Waals surface area (Å²) in [5, 5.41) is 3.96. The van der Waals surface area contributed by atoms with Crippen LogP contribution in [0.25, 0.3) is 12.3 Å². The summed E-state index contributed by atoms with van der Waals surface area (Å²) in [5.41, 5.74) is 0.444. The first-order valence-corrected chi connectivity index (χ1v) is 6.12. The molecule has 0 aliphatic carbocycles. The number of hydrogen-bond acceptors (Lipinski definition) is 3. The molecule has 1 heterocycles. The molecule has 0 atom stereocenters. The molecule has 2 aromatic rings. The molecule has 0 unspecified atom stereocenters. The Hall–Kier alpha value is -1.78. The highest BCUT2D eigenvalue weighted by atomic mass is 35.5. The standard InChI is InChI=1S/C13H10Cl2N2O2/c1-19-10-4-2-9(3-5-10)6-7-17-13(18)12(15)11(14)8-16-17/h2-8H,1H3/b7-6+. The molecule has 0 spiro atoms. The Morgan fingerprint density at radius 1 is 1.26 bits per heavy atom. The number of benzene rings is 1. The molecule has 0 N–H and O–H groups in total. The highest BCUT2D eigenvalue weighted by Crippen LogP contribution is 2.15. The Morgan fingerprint density at radius 2 is 1.95 bits per heavy atom. The van der Waals surface area contributed by atoms with Gasteiger partial charge in [0.1, 0.15) is 10.8 Å². The van der Waals surface area contributed by atoms with Gasteiger partial charge in [0.15, 0.2) is 0 Å². The summed E-state index contributed by atoms with van der Waals surface area (Å²) in [6.45, 7) is 0. The zero-order valence-corrected chi connectivity index (χ0v) is 11.5. The number of aromatic nitrogens is 2. The molecule has 0 saturated carbocycles. The molecule has 0 radical (unpaired) electrons. The highest BCUT2D eigenvalue weighted by Gasteiger charge is 2.04. The van der Waals surface area contributed by atoms with Crippen molar-refractivity contribution in [1.82, 2.24) is 9.78 Å². The molecular weight excluding hydrogens is 287 g/mol. The van der Waals surface area contributed by atoms with Crippen LogP contribution in [0.5, 0.6) is 5.75 Å². The average Bonchev–Trinajstić information content (AvgIpc) is 2.45. The van der Waals surface area contributed by atoms with Crippen molar-refractivity contribution < 1.29 is 4.74 Å². The fraction of sp³-hybridized carbons (Fsp3) is 0.0769. The van der Waals surface area contributed by atoms with Crippen molar-refractivity contribution in [2.45, 2.75) is 0 Å². The Bertz CT molecular complexity index is 663. The molecule has 6 heteroatoms. The van der Waals surface area contributed by atoms with Crippen molar-refractivity contribution in [1.29, 1.82) is 0 Å². The minimum Gasteiger partial charge on any atom is -0.497 e. The lowest BCUT2D eigenvalue weighted by molar-refractivity contribution is 0.415. The van der Waals surface area contributed by atoms with E-state index in [1.807, 2.05) is 24.3 Å². The van der Waals surface area contributed by atoms with Crippen LogP contribution in [0.15, 0.2) is 35.3 Å². The van der Waals surface area contributed by atoms with Gasteiger partial charge in [-0.3, -0.25) is 4.79 Å². The first-order chi connectivity index (χ1) is 9.11. The van der Waals surface area contributed by atoms with E-state index in [2.05, 4.69) is 5.10 Å². The first-order valence-electron chi connectivity index (χ1n) is 5.37. The van der Waals surface area contributed by atoms with Crippen LogP contribution in [0.4, 0.5) is 0 Å². The summed E-state index contributed by atoms with van der Waals surface area (Å²) in [5.74, 6) is 0.766. The number of methoxy groups -OCH3 is 1. The van der Waals surface area contributed by atoms with Crippen LogP contribution >= 0.6 is 23.2 Å². The quantitative estimate of drug-likeness (QED) is 0.874. The monoisotopic (exact) mass is 296 g/mol. The Kier molecular flexibility index (Phi) is 4.24. The van der Waals surface area contributed by atoms with Gasteiger partial charge in [0.2, 0.25) is 0 Å². The summed E-state index contributed by atoms with van der Waals surface area (Å²) in [4.78, 5) is 11.7. The second-order valence-electron chi connectivity index (χ2n) is 3.65. The maximum atomic E-state index is 11.7. The second-order valence-corrected chi connectivity index (χ2v) is 4.43. The first kappa shape index (κ1) is 13.6. The summed E-state index contributed by atoms with van der Waals surface area (Å²) in [7, 11) is 1.60. The Morgan fingerprint density at radius 3 is 2.58 bits per heavy atom. The van der Waals surface area contributed by atoms with Gasteiger partial charge in [-0.25, -0.2) is 4.68 Å². The van der Waals surface area contributed by atoms with Crippen molar-refractivity contribution in [3.05, 3.63) is 56.4 Å². The second kappa shape index (κ2) is 5.91. The zero-order chi connectivity index (χ0) is 13.8. The molecule has 0 aliphatic rings. The van der Waals surface area contributed by atoms with E-state index in [1.165, 1.54) is 12.4 Å². The van der Waals surface area contributed by atoms with Gasteiger partial charge >= 0.3 is 0 Å². The van der Waals surface area contributed by atoms with Crippen LogP contribution < -0.4 is 10.3 Å². The Labute approximate surface area is 119 Å². The van der Waals surface area contributed by atoms with Gasteiger partial charge in [-0.15, -0.1) is 0 Å². The number of ether oxygens (including phenoxy) is 1. The van der Waals surface area contributed by atoms with E-state index in [-0.39, 0.29) is 10.0 Å². The molecule has 0 amide bonds. The smallest absolute Gasteiger partial charge is 0.291 e. The van der Waals surface area contributed by atoms with Crippen molar-refractivity contribution in [2.75, 3.05) is 7.11 Å². The van der Waals surface area contributed by atoms with Gasteiger partial charge < -0.3 is 4.74 Å². The molecule has 4 nitrogen and oxygen atoms in total. The minimum absolute atomic E-state index is 0.0453. The molecule has 98 valence electrons. The van der Waals surface area contributed by atoms with E-state index in [0.29, 0.717) is 0 Å². The molecule has 0 aliphatic heterocycles. The summed E-state index contributed by atoms with van der Waals surface area (Å²) in [6, 6.07) is 7.37.